The highest BCUT2D eigenvalue weighted by Crippen LogP contribution is 2.27. The number of imide groups is 1. The van der Waals surface area contributed by atoms with Crippen LogP contribution in [0.3, 0.4) is 0 Å². The molecule has 0 bridgehead atoms. The normalized spacial score (nSPS) is 14.4. The van der Waals surface area contributed by atoms with Crippen molar-refractivity contribution in [1.29, 1.82) is 0 Å². The molecule has 0 aliphatic carbocycles. The van der Waals surface area contributed by atoms with Crippen LogP contribution in [0.1, 0.15) is 32.7 Å². The van der Waals surface area contributed by atoms with Gasteiger partial charge in [-0.1, -0.05) is 12.1 Å². The summed E-state index contributed by atoms with van der Waals surface area (Å²) in [5.41, 5.74) is 0.996. The zero-order valence-electron chi connectivity index (χ0n) is 17.8. The quantitative estimate of drug-likeness (QED) is 0.433. The summed E-state index contributed by atoms with van der Waals surface area (Å²) in [7, 11) is -3.47. The van der Waals surface area contributed by atoms with E-state index in [4.69, 9.17) is 4.42 Å². The molecule has 3 aromatic rings. The summed E-state index contributed by atoms with van der Waals surface area (Å²) >= 11 is 0. The summed E-state index contributed by atoms with van der Waals surface area (Å²) < 4.78 is 28.7. The van der Waals surface area contributed by atoms with E-state index in [1.165, 1.54) is 24.3 Å². The first-order chi connectivity index (χ1) is 15.5. The lowest BCUT2D eigenvalue weighted by molar-refractivity contribution is -0.120. The Morgan fingerprint density at radius 2 is 1.67 bits per heavy atom. The van der Waals surface area contributed by atoms with Crippen LogP contribution in [0.25, 0.3) is 11.0 Å². The molecule has 1 atom stereocenters. The van der Waals surface area contributed by atoms with Crippen molar-refractivity contribution in [2.75, 3.05) is 17.3 Å². The Kier molecular flexibility index (Phi) is 5.62. The number of nitrogens with zero attached hydrogens (tertiary/aromatic N) is 1. The first kappa shape index (κ1) is 22.4. The van der Waals surface area contributed by atoms with Crippen molar-refractivity contribution < 1.29 is 27.2 Å². The molecule has 1 aliphatic heterocycles. The highest BCUT2D eigenvalue weighted by molar-refractivity contribution is 7.90. The molecule has 9 nitrogen and oxygen atoms in total. The Morgan fingerprint density at radius 1 is 1.03 bits per heavy atom. The number of carbonyl (C=O) groups excluding carboxylic acids is 3. The van der Waals surface area contributed by atoms with Gasteiger partial charge in [-0.3, -0.25) is 19.3 Å². The van der Waals surface area contributed by atoms with Gasteiger partial charge in [0.1, 0.15) is 21.5 Å². The third kappa shape index (κ3) is 4.42. The molecule has 1 aliphatic rings. The number of amides is 3. The number of hydrogen-bond acceptors (Lipinski definition) is 7. The SMILES string of the molecule is Cc1cc(=O)oc2cc(NC(=O)[C@H](CCS(C)(=O)=O)N3C(=O)c4ccccc4C3=O)ccc12. The van der Waals surface area contributed by atoms with Crippen LogP contribution in [0.4, 0.5) is 5.69 Å². The molecule has 4 rings (SSSR count). The van der Waals surface area contributed by atoms with Gasteiger partial charge in [0.05, 0.1) is 16.9 Å². The van der Waals surface area contributed by atoms with E-state index in [0.29, 0.717) is 10.9 Å². The van der Waals surface area contributed by atoms with E-state index in [0.717, 1.165) is 11.2 Å². The lowest BCUT2D eigenvalue weighted by Crippen LogP contribution is -2.48. The molecule has 0 fully saturated rings. The Labute approximate surface area is 188 Å². The molecule has 2 heterocycles. The van der Waals surface area contributed by atoms with E-state index in [1.54, 1.807) is 31.2 Å². The lowest BCUT2D eigenvalue weighted by Gasteiger charge is -2.25. The van der Waals surface area contributed by atoms with E-state index in [9.17, 15) is 27.6 Å². The number of sulfone groups is 1. The number of hydrogen-bond donors (Lipinski definition) is 1. The summed E-state index contributed by atoms with van der Waals surface area (Å²) in [5.74, 6) is -2.46. The zero-order valence-corrected chi connectivity index (χ0v) is 18.6. The second kappa shape index (κ2) is 8.28. The molecule has 1 aromatic heterocycles. The predicted molar refractivity (Wildman–Crippen MR) is 121 cm³/mol. The zero-order chi connectivity index (χ0) is 23.9. The molecule has 170 valence electrons. The van der Waals surface area contributed by atoms with E-state index in [2.05, 4.69) is 5.32 Å². The maximum Gasteiger partial charge on any atom is 0.336 e. The van der Waals surface area contributed by atoms with E-state index < -0.39 is 45.0 Å². The van der Waals surface area contributed by atoms with Gasteiger partial charge in [-0.2, -0.15) is 0 Å². The van der Waals surface area contributed by atoms with Crippen LogP contribution in [0.2, 0.25) is 0 Å². The van der Waals surface area contributed by atoms with Gasteiger partial charge < -0.3 is 9.73 Å². The monoisotopic (exact) mass is 468 g/mol. The summed E-state index contributed by atoms with van der Waals surface area (Å²) in [6.07, 6.45) is 0.746. The maximum atomic E-state index is 13.2. The van der Waals surface area contributed by atoms with E-state index in [1.807, 2.05) is 0 Å². The number of nitrogens with one attached hydrogen (secondary N) is 1. The minimum Gasteiger partial charge on any atom is -0.423 e. The second-order valence-electron chi connectivity index (χ2n) is 7.91. The molecule has 3 amide bonds. The average Bonchev–Trinajstić information content (AvgIpc) is 2.98. The Hall–Kier alpha value is -3.79. The van der Waals surface area contributed by atoms with Crippen molar-refractivity contribution in [3.8, 4) is 0 Å². The minimum absolute atomic E-state index is 0.155. The maximum absolute atomic E-state index is 13.2. The van der Waals surface area contributed by atoms with Crippen LogP contribution in [0.5, 0.6) is 0 Å². The van der Waals surface area contributed by atoms with Crippen LogP contribution >= 0.6 is 0 Å². The Balaban J connectivity index is 1.67. The molecule has 0 spiro atoms. The number of anilines is 1. The summed E-state index contributed by atoms with van der Waals surface area (Å²) in [6, 6.07) is 10.9. The predicted octanol–water partition coefficient (Wildman–Crippen LogP) is 2.14. The molecule has 10 heteroatoms. The highest BCUT2D eigenvalue weighted by Gasteiger charge is 2.42. The first-order valence-electron chi connectivity index (χ1n) is 10.1. The third-order valence-electron chi connectivity index (χ3n) is 5.42. The Bertz CT molecular complexity index is 1440. The van der Waals surface area contributed by atoms with Gasteiger partial charge >= 0.3 is 5.63 Å². The second-order valence-corrected chi connectivity index (χ2v) is 10.2. The third-order valence-corrected chi connectivity index (χ3v) is 6.40. The smallest absolute Gasteiger partial charge is 0.336 e. The Morgan fingerprint density at radius 3 is 2.27 bits per heavy atom. The van der Waals surface area contributed by atoms with E-state index in [-0.39, 0.29) is 28.8 Å². The van der Waals surface area contributed by atoms with Gasteiger partial charge in [-0.05, 0) is 43.2 Å². The standard InChI is InChI=1S/C23H20N2O7S/c1-13-11-20(26)32-19-12-14(7-8-15(13)19)24-21(27)18(9-10-33(2,30)31)25-22(28)16-5-3-4-6-17(16)23(25)29/h3-8,11-12,18H,9-10H2,1-2H3,(H,24,27)/t18-/m0/s1. The van der Waals surface area contributed by atoms with Crippen molar-refractivity contribution >= 4 is 44.2 Å². The summed E-state index contributed by atoms with van der Waals surface area (Å²) in [4.78, 5) is 51.5. The molecule has 0 saturated heterocycles. The van der Waals surface area contributed by atoms with Gasteiger partial charge in [-0.15, -0.1) is 0 Å². The van der Waals surface area contributed by atoms with Gasteiger partial charge in [0, 0.05) is 29.5 Å². The van der Waals surface area contributed by atoms with Crippen molar-refractivity contribution in [2.45, 2.75) is 19.4 Å². The minimum atomic E-state index is -3.47. The number of rotatable bonds is 6. The lowest BCUT2D eigenvalue weighted by atomic mass is 10.1. The van der Waals surface area contributed by atoms with Gasteiger partial charge in [-0.25, -0.2) is 13.2 Å². The molecular formula is C23H20N2O7S. The fraction of sp³-hybridized carbons (Fsp3) is 0.217. The van der Waals surface area contributed by atoms with Gasteiger partial charge in [0.25, 0.3) is 11.8 Å². The highest BCUT2D eigenvalue weighted by atomic mass is 32.2. The molecule has 33 heavy (non-hydrogen) atoms. The van der Waals surface area contributed by atoms with Crippen LogP contribution in [0.15, 0.2) is 57.7 Å². The number of benzene rings is 2. The van der Waals surface area contributed by atoms with Gasteiger partial charge in [0.2, 0.25) is 5.91 Å². The summed E-state index contributed by atoms with van der Waals surface area (Å²) in [5, 5.41) is 3.29. The molecule has 0 unspecified atom stereocenters. The number of carbonyl (C=O) groups is 3. The van der Waals surface area contributed by atoms with Crippen molar-refractivity contribution in [2.24, 2.45) is 0 Å². The fourth-order valence-corrected chi connectivity index (χ4v) is 4.47. The van der Waals surface area contributed by atoms with Crippen molar-refractivity contribution in [3.63, 3.8) is 0 Å². The number of fused-ring (bicyclic) bond motifs is 2. The average molecular weight is 468 g/mol. The first-order valence-corrected chi connectivity index (χ1v) is 12.1. The number of aryl methyl sites for hydroxylation is 1. The topological polar surface area (TPSA) is 131 Å². The molecule has 0 radical (unpaired) electrons. The van der Waals surface area contributed by atoms with Crippen LogP contribution < -0.4 is 10.9 Å². The largest absolute Gasteiger partial charge is 0.423 e. The molecular weight excluding hydrogens is 448 g/mol. The van der Waals surface area contributed by atoms with Crippen molar-refractivity contribution in [3.05, 3.63) is 75.6 Å². The van der Waals surface area contributed by atoms with Gasteiger partial charge in [0.15, 0.2) is 0 Å². The summed E-state index contributed by atoms with van der Waals surface area (Å²) in [6.45, 7) is 1.75. The van der Waals surface area contributed by atoms with Crippen molar-refractivity contribution in [1.82, 2.24) is 4.90 Å². The van der Waals surface area contributed by atoms with Crippen LogP contribution in [-0.2, 0) is 14.6 Å². The van der Waals surface area contributed by atoms with E-state index >= 15 is 0 Å². The van der Waals surface area contributed by atoms with Crippen LogP contribution in [0, 0.1) is 6.92 Å². The molecule has 0 saturated carbocycles. The molecule has 1 N–H and O–H groups in total. The fourth-order valence-electron chi connectivity index (χ4n) is 3.82. The molecule has 2 aromatic carbocycles. The van der Waals surface area contributed by atoms with Crippen LogP contribution in [-0.4, -0.2) is 49.1 Å².